The number of hydrogen-bond acceptors (Lipinski definition) is 2. The van der Waals surface area contributed by atoms with E-state index >= 15 is 0 Å². The van der Waals surface area contributed by atoms with E-state index in [0.29, 0.717) is 18.2 Å². The van der Waals surface area contributed by atoms with Crippen molar-refractivity contribution < 1.29 is 9.53 Å². The summed E-state index contributed by atoms with van der Waals surface area (Å²) in [6.45, 7) is 11.2. The molecule has 140 valence electrons. The lowest BCUT2D eigenvalue weighted by atomic mass is 9.75. The largest absolute Gasteiger partial charge is 0.376 e. The van der Waals surface area contributed by atoms with Gasteiger partial charge < -0.3 is 9.64 Å². The highest BCUT2D eigenvalue weighted by molar-refractivity contribution is 5.77. The summed E-state index contributed by atoms with van der Waals surface area (Å²) in [5.41, 5.74) is 1.21. The van der Waals surface area contributed by atoms with Crippen LogP contribution in [0, 0.1) is 5.92 Å². The first-order valence-electron chi connectivity index (χ1n) is 9.93. The predicted octanol–water partition coefficient (Wildman–Crippen LogP) is 5.01. The molecule has 2 unspecified atom stereocenters. The van der Waals surface area contributed by atoms with Gasteiger partial charge in [-0.1, -0.05) is 44.2 Å². The number of nitrogens with zero attached hydrogens (tertiary/aromatic N) is 1. The number of benzene rings is 1. The average Bonchev–Trinajstić information content (AvgIpc) is 2.59. The molecule has 0 aliphatic carbocycles. The lowest BCUT2D eigenvalue weighted by Gasteiger charge is -2.39. The molecule has 2 atom stereocenters. The van der Waals surface area contributed by atoms with Gasteiger partial charge in [-0.25, -0.2) is 0 Å². The fourth-order valence-corrected chi connectivity index (χ4v) is 4.10. The van der Waals surface area contributed by atoms with Crippen molar-refractivity contribution in [3.05, 3.63) is 35.9 Å². The van der Waals surface area contributed by atoms with Crippen molar-refractivity contribution in [1.29, 1.82) is 0 Å². The van der Waals surface area contributed by atoms with E-state index in [1.165, 1.54) is 5.56 Å². The molecule has 2 rings (SSSR count). The zero-order valence-electron chi connectivity index (χ0n) is 16.5. The van der Waals surface area contributed by atoms with Crippen LogP contribution >= 0.6 is 0 Å². The fourth-order valence-electron chi connectivity index (χ4n) is 4.10. The molecular formula is C22H35NO2. The zero-order valence-corrected chi connectivity index (χ0v) is 16.5. The van der Waals surface area contributed by atoms with Crippen LogP contribution in [0.3, 0.4) is 0 Å². The number of amides is 1. The van der Waals surface area contributed by atoms with Gasteiger partial charge in [-0.3, -0.25) is 4.79 Å². The van der Waals surface area contributed by atoms with Crippen molar-refractivity contribution in [2.24, 2.45) is 5.92 Å². The van der Waals surface area contributed by atoms with Crippen molar-refractivity contribution in [3.63, 3.8) is 0 Å². The molecule has 0 saturated carbocycles. The standard InChI is InChI=1S/C22H35NO2/c1-5-13-23(14-6-2)21(24)16-20(18-10-8-7-9-11-18)19-12-15-25-22(3,4)17-19/h7-11,19-20H,5-6,12-17H2,1-4H3. The minimum Gasteiger partial charge on any atom is -0.376 e. The number of carbonyl (C=O) groups is 1. The van der Waals surface area contributed by atoms with Crippen LogP contribution in [0.25, 0.3) is 0 Å². The maximum absolute atomic E-state index is 13.0. The van der Waals surface area contributed by atoms with Crippen molar-refractivity contribution in [2.45, 2.75) is 71.3 Å². The molecule has 0 spiro atoms. The van der Waals surface area contributed by atoms with Gasteiger partial charge in [0, 0.05) is 26.1 Å². The van der Waals surface area contributed by atoms with Crippen LogP contribution in [0.2, 0.25) is 0 Å². The van der Waals surface area contributed by atoms with E-state index in [-0.39, 0.29) is 11.5 Å². The lowest BCUT2D eigenvalue weighted by Crippen LogP contribution is -2.39. The zero-order chi connectivity index (χ0) is 18.3. The molecule has 1 amide bonds. The van der Waals surface area contributed by atoms with Crippen molar-refractivity contribution in [1.82, 2.24) is 4.90 Å². The van der Waals surface area contributed by atoms with E-state index in [4.69, 9.17) is 4.74 Å². The van der Waals surface area contributed by atoms with E-state index in [1.54, 1.807) is 0 Å². The van der Waals surface area contributed by atoms with E-state index in [0.717, 1.165) is 45.4 Å². The molecule has 3 nitrogen and oxygen atoms in total. The highest BCUT2D eigenvalue weighted by Crippen LogP contribution is 2.40. The van der Waals surface area contributed by atoms with Gasteiger partial charge in [0.15, 0.2) is 0 Å². The molecule has 1 saturated heterocycles. The normalized spacial score (nSPS) is 20.9. The maximum atomic E-state index is 13.0. The summed E-state index contributed by atoms with van der Waals surface area (Å²) in [5.74, 6) is 1.09. The summed E-state index contributed by atoms with van der Waals surface area (Å²) in [6, 6.07) is 10.6. The minimum atomic E-state index is -0.0917. The third-order valence-corrected chi connectivity index (χ3v) is 5.27. The Hall–Kier alpha value is -1.35. The van der Waals surface area contributed by atoms with Gasteiger partial charge in [0.1, 0.15) is 0 Å². The average molecular weight is 346 g/mol. The first-order chi connectivity index (χ1) is 12.0. The molecule has 0 aromatic heterocycles. The molecule has 1 aromatic carbocycles. The highest BCUT2D eigenvalue weighted by Gasteiger charge is 2.35. The maximum Gasteiger partial charge on any atom is 0.223 e. The molecule has 25 heavy (non-hydrogen) atoms. The number of ether oxygens (including phenoxy) is 1. The quantitative estimate of drug-likeness (QED) is 0.662. The summed E-state index contributed by atoms with van der Waals surface area (Å²) in [5, 5.41) is 0. The second kappa shape index (κ2) is 9.38. The van der Waals surface area contributed by atoms with Gasteiger partial charge in [-0.2, -0.15) is 0 Å². The first kappa shape index (κ1) is 20.0. The molecule has 1 aliphatic heterocycles. The van der Waals surface area contributed by atoms with Crippen molar-refractivity contribution in [2.75, 3.05) is 19.7 Å². The predicted molar refractivity (Wildman–Crippen MR) is 104 cm³/mol. The summed E-state index contributed by atoms with van der Waals surface area (Å²) < 4.78 is 5.92. The Kier molecular flexibility index (Phi) is 7.49. The highest BCUT2D eigenvalue weighted by atomic mass is 16.5. The van der Waals surface area contributed by atoms with Crippen LogP contribution in [0.5, 0.6) is 0 Å². The summed E-state index contributed by atoms with van der Waals surface area (Å²) in [7, 11) is 0. The molecule has 3 heteroatoms. The number of rotatable bonds is 8. The number of hydrogen-bond donors (Lipinski definition) is 0. The Morgan fingerprint density at radius 1 is 1.20 bits per heavy atom. The lowest BCUT2D eigenvalue weighted by molar-refractivity contribution is -0.133. The van der Waals surface area contributed by atoms with Crippen LogP contribution in [0.4, 0.5) is 0 Å². The molecular weight excluding hydrogens is 310 g/mol. The Bertz CT molecular complexity index is 520. The van der Waals surface area contributed by atoms with Gasteiger partial charge in [-0.05, 0) is 56.9 Å². The van der Waals surface area contributed by atoms with Gasteiger partial charge in [-0.15, -0.1) is 0 Å². The van der Waals surface area contributed by atoms with Gasteiger partial charge >= 0.3 is 0 Å². The minimum absolute atomic E-state index is 0.0917. The molecule has 1 aliphatic rings. The van der Waals surface area contributed by atoms with Crippen LogP contribution < -0.4 is 0 Å². The monoisotopic (exact) mass is 345 g/mol. The van der Waals surface area contributed by atoms with E-state index in [1.807, 2.05) is 0 Å². The Balaban J connectivity index is 2.18. The third kappa shape index (κ3) is 5.85. The molecule has 0 bridgehead atoms. The van der Waals surface area contributed by atoms with E-state index < -0.39 is 0 Å². The van der Waals surface area contributed by atoms with Crippen LogP contribution in [0.15, 0.2) is 30.3 Å². The molecule has 1 heterocycles. The Labute approximate surface area is 153 Å². The van der Waals surface area contributed by atoms with Gasteiger partial charge in [0.05, 0.1) is 5.60 Å². The van der Waals surface area contributed by atoms with E-state index in [2.05, 4.69) is 62.9 Å². The van der Waals surface area contributed by atoms with E-state index in [9.17, 15) is 4.79 Å². The van der Waals surface area contributed by atoms with Gasteiger partial charge in [0.25, 0.3) is 0 Å². The first-order valence-corrected chi connectivity index (χ1v) is 9.93. The van der Waals surface area contributed by atoms with Crippen LogP contribution in [-0.2, 0) is 9.53 Å². The molecule has 0 radical (unpaired) electrons. The summed E-state index contributed by atoms with van der Waals surface area (Å²) in [6.07, 6.45) is 4.71. The smallest absolute Gasteiger partial charge is 0.223 e. The molecule has 0 N–H and O–H groups in total. The summed E-state index contributed by atoms with van der Waals surface area (Å²) >= 11 is 0. The van der Waals surface area contributed by atoms with Gasteiger partial charge in [0.2, 0.25) is 5.91 Å². The van der Waals surface area contributed by atoms with Crippen molar-refractivity contribution in [3.8, 4) is 0 Å². The number of carbonyl (C=O) groups excluding carboxylic acids is 1. The second-order valence-corrected chi connectivity index (χ2v) is 7.96. The Morgan fingerprint density at radius 2 is 1.84 bits per heavy atom. The SMILES string of the molecule is CCCN(CCC)C(=O)CC(c1ccccc1)C1CCOC(C)(C)C1. The van der Waals surface area contributed by atoms with Crippen LogP contribution in [0.1, 0.15) is 71.3 Å². The molecule has 1 aromatic rings. The summed E-state index contributed by atoms with van der Waals surface area (Å²) in [4.78, 5) is 15.1. The van der Waals surface area contributed by atoms with Crippen LogP contribution in [-0.4, -0.2) is 36.1 Å². The fraction of sp³-hybridized carbons (Fsp3) is 0.682. The van der Waals surface area contributed by atoms with Crippen molar-refractivity contribution >= 4 is 5.91 Å². The second-order valence-electron chi connectivity index (χ2n) is 7.96. The topological polar surface area (TPSA) is 29.5 Å². The molecule has 1 fully saturated rings. The Morgan fingerprint density at radius 3 is 2.40 bits per heavy atom. The third-order valence-electron chi connectivity index (χ3n) is 5.27.